The van der Waals surface area contributed by atoms with Gasteiger partial charge in [-0.1, -0.05) is 46.3 Å². The minimum absolute atomic E-state index is 0.697. The molecular weight excluding hydrogens is 334 g/mol. The van der Waals surface area contributed by atoms with E-state index in [0.29, 0.717) is 5.92 Å². The molecule has 0 aliphatic heterocycles. The lowest BCUT2D eigenvalue weighted by Crippen LogP contribution is -1.94. The molecule has 0 saturated heterocycles. The first kappa shape index (κ1) is 12.5. The summed E-state index contributed by atoms with van der Waals surface area (Å²) in [6.45, 7) is 2.17. The van der Waals surface area contributed by atoms with E-state index < -0.39 is 0 Å². The van der Waals surface area contributed by atoms with Gasteiger partial charge in [-0.25, -0.2) is 9.50 Å². The highest BCUT2D eigenvalue weighted by atomic mass is 79.9. The Bertz CT molecular complexity index is 768. The normalized spacial score (nSPS) is 15.1. The third-order valence-electron chi connectivity index (χ3n) is 3.69. The maximum Gasteiger partial charge on any atom is 0.212 e. The van der Waals surface area contributed by atoms with Crippen LogP contribution in [0.2, 0.25) is 0 Å². The summed E-state index contributed by atoms with van der Waals surface area (Å²) in [5.41, 5.74) is 3.45. The van der Waals surface area contributed by atoms with Gasteiger partial charge in [0.2, 0.25) is 4.96 Å². The summed E-state index contributed by atoms with van der Waals surface area (Å²) in [5, 5.41) is 6.03. The van der Waals surface area contributed by atoms with E-state index in [9.17, 15) is 0 Å². The van der Waals surface area contributed by atoms with Crippen LogP contribution in [0.25, 0.3) is 16.2 Å². The number of rotatable bonds is 3. The fraction of sp³-hybridized carbons (Fsp3) is 0.333. The number of hydrogen-bond donors (Lipinski definition) is 0. The number of imidazole rings is 1. The van der Waals surface area contributed by atoms with Crippen LogP contribution in [0.3, 0.4) is 0 Å². The third kappa shape index (κ3) is 2.00. The van der Waals surface area contributed by atoms with Crippen LogP contribution in [0.15, 0.2) is 28.7 Å². The second kappa shape index (κ2) is 4.67. The van der Waals surface area contributed by atoms with E-state index in [1.807, 2.05) is 0 Å². The van der Waals surface area contributed by atoms with Crippen LogP contribution < -0.4 is 0 Å². The quantitative estimate of drug-likeness (QED) is 0.689. The molecule has 20 heavy (non-hydrogen) atoms. The van der Waals surface area contributed by atoms with E-state index in [1.165, 1.54) is 23.5 Å². The lowest BCUT2D eigenvalue weighted by atomic mass is 10.1. The first-order chi connectivity index (χ1) is 9.76. The van der Waals surface area contributed by atoms with E-state index in [4.69, 9.17) is 10.1 Å². The minimum atomic E-state index is 0.697. The van der Waals surface area contributed by atoms with Crippen molar-refractivity contribution in [2.75, 3.05) is 0 Å². The number of aryl methyl sites for hydroxylation is 1. The maximum absolute atomic E-state index is 4.82. The Kier molecular flexibility index (Phi) is 2.93. The Morgan fingerprint density at radius 2 is 2.05 bits per heavy atom. The smallest absolute Gasteiger partial charge is 0.212 e. The van der Waals surface area contributed by atoms with Crippen LogP contribution in [0.1, 0.15) is 36.4 Å². The average molecular weight is 348 g/mol. The Balaban J connectivity index is 1.86. The van der Waals surface area contributed by atoms with Crippen molar-refractivity contribution >= 4 is 32.2 Å². The fourth-order valence-electron chi connectivity index (χ4n) is 2.46. The summed E-state index contributed by atoms with van der Waals surface area (Å²) in [5.74, 6) is 0.697. The van der Waals surface area contributed by atoms with Gasteiger partial charge in [0, 0.05) is 16.0 Å². The Hall–Kier alpha value is -1.20. The topological polar surface area (TPSA) is 30.2 Å². The molecule has 3 nitrogen and oxygen atoms in total. The van der Waals surface area contributed by atoms with Crippen molar-refractivity contribution in [3.63, 3.8) is 0 Å². The number of nitrogens with zero attached hydrogens (tertiary/aromatic N) is 3. The molecule has 0 N–H and O–H groups in total. The largest absolute Gasteiger partial charge is 0.217 e. The molecule has 0 radical (unpaired) electrons. The van der Waals surface area contributed by atoms with Gasteiger partial charge in [-0.15, -0.1) is 0 Å². The predicted molar refractivity (Wildman–Crippen MR) is 85.4 cm³/mol. The number of halogens is 1. The van der Waals surface area contributed by atoms with Crippen LogP contribution >= 0.6 is 27.3 Å². The molecule has 1 aliphatic rings. The molecule has 1 aliphatic carbocycles. The van der Waals surface area contributed by atoms with E-state index in [0.717, 1.165) is 27.1 Å². The highest BCUT2D eigenvalue weighted by Gasteiger charge is 2.28. The lowest BCUT2D eigenvalue weighted by molar-refractivity contribution is 0.846. The maximum atomic E-state index is 4.82. The van der Waals surface area contributed by atoms with Gasteiger partial charge in [-0.3, -0.25) is 0 Å². The van der Waals surface area contributed by atoms with Gasteiger partial charge in [0.25, 0.3) is 0 Å². The average Bonchev–Trinajstić information content (AvgIpc) is 3.13. The Morgan fingerprint density at radius 3 is 2.70 bits per heavy atom. The van der Waals surface area contributed by atoms with Gasteiger partial charge in [0.1, 0.15) is 5.01 Å². The van der Waals surface area contributed by atoms with E-state index in [2.05, 4.69) is 51.6 Å². The van der Waals surface area contributed by atoms with Crippen molar-refractivity contribution in [1.82, 2.24) is 14.6 Å². The zero-order chi connectivity index (χ0) is 13.7. The molecule has 1 fully saturated rings. The molecule has 0 atom stereocenters. The molecule has 0 spiro atoms. The lowest BCUT2D eigenvalue weighted by Gasteiger charge is -2.01. The monoisotopic (exact) mass is 347 g/mol. The number of hydrogen-bond acceptors (Lipinski definition) is 3. The summed E-state index contributed by atoms with van der Waals surface area (Å²) in [4.78, 5) is 5.85. The fourth-order valence-corrected chi connectivity index (χ4v) is 3.81. The van der Waals surface area contributed by atoms with E-state index in [-0.39, 0.29) is 0 Å². The minimum Gasteiger partial charge on any atom is -0.217 e. The van der Waals surface area contributed by atoms with Crippen molar-refractivity contribution in [1.29, 1.82) is 0 Å². The van der Waals surface area contributed by atoms with Crippen molar-refractivity contribution < 1.29 is 0 Å². The summed E-state index contributed by atoms with van der Waals surface area (Å²) in [7, 11) is 0. The number of benzene rings is 1. The molecule has 2 aromatic heterocycles. The van der Waals surface area contributed by atoms with Crippen LogP contribution in [0.5, 0.6) is 0 Å². The van der Waals surface area contributed by atoms with Crippen molar-refractivity contribution in [2.24, 2.45) is 0 Å². The molecule has 0 unspecified atom stereocenters. The van der Waals surface area contributed by atoms with Gasteiger partial charge in [0.05, 0.1) is 11.4 Å². The van der Waals surface area contributed by atoms with Gasteiger partial charge in [-0.2, -0.15) is 5.10 Å². The summed E-state index contributed by atoms with van der Waals surface area (Å²) in [6.07, 6.45) is 3.52. The molecule has 0 bridgehead atoms. The van der Waals surface area contributed by atoms with Gasteiger partial charge in [0.15, 0.2) is 0 Å². The first-order valence-corrected chi connectivity index (χ1v) is 8.51. The molecular formula is C15H14BrN3S. The molecule has 2 heterocycles. The van der Waals surface area contributed by atoms with Crippen LogP contribution in [0.4, 0.5) is 0 Å². The van der Waals surface area contributed by atoms with Gasteiger partial charge < -0.3 is 0 Å². The zero-order valence-corrected chi connectivity index (χ0v) is 13.5. The SMILES string of the molecule is CCc1c(-c2ccc(Br)cc2)nc2sc(C3CC3)nn12. The van der Waals surface area contributed by atoms with E-state index >= 15 is 0 Å². The van der Waals surface area contributed by atoms with Crippen molar-refractivity contribution in [3.8, 4) is 11.3 Å². The Morgan fingerprint density at radius 1 is 1.30 bits per heavy atom. The molecule has 1 aromatic carbocycles. The van der Waals surface area contributed by atoms with Crippen LogP contribution in [-0.2, 0) is 6.42 Å². The Labute approximate surface area is 129 Å². The second-order valence-electron chi connectivity index (χ2n) is 5.18. The van der Waals surface area contributed by atoms with Gasteiger partial charge in [-0.05, 0) is 31.4 Å². The van der Waals surface area contributed by atoms with Crippen LogP contribution in [-0.4, -0.2) is 14.6 Å². The molecule has 102 valence electrons. The summed E-state index contributed by atoms with van der Waals surface area (Å²) in [6, 6.07) is 8.34. The highest BCUT2D eigenvalue weighted by molar-refractivity contribution is 9.10. The van der Waals surface area contributed by atoms with Crippen molar-refractivity contribution in [3.05, 3.63) is 39.4 Å². The highest BCUT2D eigenvalue weighted by Crippen LogP contribution is 2.42. The molecule has 0 amide bonds. The zero-order valence-electron chi connectivity index (χ0n) is 11.1. The summed E-state index contributed by atoms with van der Waals surface area (Å²) >= 11 is 5.22. The van der Waals surface area contributed by atoms with Crippen LogP contribution in [0, 0.1) is 0 Å². The summed E-state index contributed by atoms with van der Waals surface area (Å²) < 4.78 is 3.14. The van der Waals surface area contributed by atoms with Gasteiger partial charge >= 0.3 is 0 Å². The number of aromatic nitrogens is 3. The standard InChI is InChI=1S/C15H14BrN3S/c1-2-12-13(9-5-7-11(16)8-6-9)17-15-19(12)18-14(20-15)10-3-4-10/h5-8,10H,2-4H2,1H3. The molecule has 3 aromatic rings. The molecule has 4 rings (SSSR count). The predicted octanol–water partition coefficient (Wildman–Crippen LogP) is 4.66. The van der Waals surface area contributed by atoms with E-state index in [1.54, 1.807) is 11.3 Å². The second-order valence-corrected chi connectivity index (χ2v) is 7.08. The third-order valence-corrected chi connectivity index (χ3v) is 5.29. The molecule has 5 heteroatoms. The van der Waals surface area contributed by atoms with Crippen molar-refractivity contribution in [2.45, 2.75) is 32.1 Å². The molecule has 1 saturated carbocycles. The number of fused-ring (bicyclic) bond motifs is 1. The first-order valence-electron chi connectivity index (χ1n) is 6.90.